The van der Waals surface area contributed by atoms with E-state index in [4.69, 9.17) is 11.6 Å². The predicted octanol–water partition coefficient (Wildman–Crippen LogP) is 4.20. The molecule has 1 saturated heterocycles. The SMILES string of the molecule is Cc1nn(-c2ccc(Cl)cc2)c2sc(C(=O)N3CCN(S(=O)(=O)c4ccccc4)CC3)cc12. The highest BCUT2D eigenvalue weighted by Crippen LogP contribution is 2.32. The van der Waals surface area contributed by atoms with Crippen LogP contribution in [0.5, 0.6) is 0 Å². The first-order valence-electron chi connectivity index (χ1n) is 10.4. The van der Waals surface area contributed by atoms with Crippen molar-refractivity contribution in [2.45, 2.75) is 11.8 Å². The summed E-state index contributed by atoms with van der Waals surface area (Å²) in [5, 5.41) is 6.20. The van der Waals surface area contributed by atoms with Crippen molar-refractivity contribution in [1.82, 2.24) is 19.0 Å². The molecule has 7 nitrogen and oxygen atoms in total. The zero-order valence-corrected chi connectivity index (χ0v) is 20.2. The Morgan fingerprint density at radius 3 is 2.33 bits per heavy atom. The second-order valence-electron chi connectivity index (χ2n) is 7.81. The fourth-order valence-corrected chi connectivity index (χ4v) is 6.66. The first-order chi connectivity index (χ1) is 15.8. The summed E-state index contributed by atoms with van der Waals surface area (Å²) in [6, 6.07) is 17.7. The van der Waals surface area contributed by atoms with Crippen LogP contribution in [0.3, 0.4) is 0 Å². The number of nitrogens with zero attached hydrogens (tertiary/aromatic N) is 4. The maximum Gasteiger partial charge on any atom is 0.264 e. The number of thiophene rings is 1. The van der Waals surface area contributed by atoms with Crippen LogP contribution in [0.25, 0.3) is 15.9 Å². The van der Waals surface area contributed by atoms with Crippen molar-refractivity contribution in [3.63, 3.8) is 0 Å². The van der Waals surface area contributed by atoms with Crippen LogP contribution in [0.15, 0.2) is 65.6 Å². The van der Waals surface area contributed by atoms with Crippen LogP contribution in [0, 0.1) is 6.92 Å². The summed E-state index contributed by atoms with van der Waals surface area (Å²) >= 11 is 7.40. The largest absolute Gasteiger partial charge is 0.335 e. The molecule has 4 aromatic rings. The first kappa shape index (κ1) is 22.1. The highest BCUT2D eigenvalue weighted by molar-refractivity contribution is 7.89. The lowest BCUT2D eigenvalue weighted by Crippen LogP contribution is -2.50. The van der Waals surface area contributed by atoms with Crippen LogP contribution in [-0.4, -0.2) is 59.5 Å². The van der Waals surface area contributed by atoms with Gasteiger partial charge in [0.1, 0.15) is 4.83 Å². The Kier molecular flexibility index (Phi) is 5.74. The lowest BCUT2D eigenvalue weighted by Gasteiger charge is -2.33. The Bertz CT molecular complexity index is 1420. The molecule has 0 saturated carbocycles. The van der Waals surface area contributed by atoms with Crippen LogP contribution in [0.4, 0.5) is 0 Å². The number of aromatic nitrogens is 2. The van der Waals surface area contributed by atoms with E-state index in [9.17, 15) is 13.2 Å². The molecule has 3 heterocycles. The van der Waals surface area contributed by atoms with Gasteiger partial charge in [-0.05, 0) is 49.4 Å². The average Bonchev–Trinajstić information content (AvgIpc) is 3.40. The molecule has 170 valence electrons. The number of rotatable bonds is 4. The van der Waals surface area contributed by atoms with Gasteiger partial charge < -0.3 is 4.90 Å². The van der Waals surface area contributed by atoms with E-state index >= 15 is 0 Å². The van der Waals surface area contributed by atoms with Crippen LogP contribution < -0.4 is 0 Å². The van der Waals surface area contributed by atoms with Gasteiger partial charge in [-0.1, -0.05) is 29.8 Å². The summed E-state index contributed by atoms with van der Waals surface area (Å²) in [4.78, 5) is 16.7. The van der Waals surface area contributed by atoms with Gasteiger partial charge in [-0.15, -0.1) is 11.3 Å². The molecule has 10 heteroatoms. The van der Waals surface area contributed by atoms with Gasteiger partial charge in [-0.3, -0.25) is 4.79 Å². The van der Waals surface area contributed by atoms with Gasteiger partial charge in [0.15, 0.2) is 0 Å². The topological polar surface area (TPSA) is 75.5 Å². The van der Waals surface area contributed by atoms with E-state index < -0.39 is 10.0 Å². The number of benzene rings is 2. The fourth-order valence-electron chi connectivity index (χ4n) is 3.94. The van der Waals surface area contributed by atoms with Crippen molar-refractivity contribution < 1.29 is 13.2 Å². The van der Waals surface area contributed by atoms with Crippen molar-refractivity contribution >= 4 is 49.1 Å². The van der Waals surface area contributed by atoms with Gasteiger partial charge >= 0.3 is 0 Å². The molecule has 0 atom stereocenters. The summed E-state index contributed by atoms with van der Waals surface area (Å²) in [6.07, 6.45) is 0. The molecule has 5 rings (SSSR count). The van der Waals surface area contributed by atoms with E-state index in [0.29, 0.717) is 23.0 Å². The molecular weight excluding hydrogens is 480 g/mol. The molecule has 2 aromatic carbocycles. The molecular formula is C23H21ClN4O3S2. The number of aryl methyl sites for hydroxylation is 1. The molecule has 0 N–H and O–H groups in total. The number of halogens is 1. The standard InChI is InChI=1S/C23H21ClN4O3S2/c1-16-20-15-21(32-23(20)28(25-16)18-9-7-17(24)8-10-18)22(29)26-11-13-27(14-12-26)33(30,31)19-5-3-2-4-6-19/h2-10,15H,11-14H2,1H3. The Morgan fingerprint density at radius 2 is 1.67 bits per heavy atom. The smallest absolute Gasteiger partial charge is 0.264 e. The quantitative estimate of drug-likeness (QED) is 0.421. The number of hydrogen-bond acceptors (Lipinski definition) is 5. The maximum absolute atomic E-state index is 13.2. The third-order valence-electron chi connectivity index (χ3n) is 5.73. The molecule has 2 aromatic heterocycles. The Hall–Kier alpha value is -2.72. The van der Waals surface area contributed by atoms with E-state index in [2.05, 4.69) is 5.10 Å². The second-order valence-corrected chi connectivity index (χ2v) is 11.2. The first-order valence-corrected chi connectivity index (χ1v) is 13.1. The van der Waals surface area contributed by atoms with Crippen LogP contribution in [-0.2, 0) is 10.0 Å². The normalized spacial score (nSPS) is 15.3. The average molecular weight is 501 g/mol. The van der Waals surface area contributed by atoms with Crippen molar-refractivity contribution in [3.05, 3.63) is 76.3 Å². The van der Waals surface area contributed by atoms with Gasteiger partial charge in [0, 0.05) is 36.6 Å². The summed E-state index contributed by atoms with van der Waals surface area (Å²) in [6.45, 7) is 3.16. The van der Waals surface area contributed by atoms with Crippen LogP contribution >= 0.6 is 22.9 Å². The number of fused-ring (bicyclic) bond motifs is 1. The van der Waals surface area contributed by atoms with E-state index in [-0.39, 0.29) is 23.9 Å². The molecule has 1 fully saturated rings. The number of amides is 1. The summed E-state index contributed by atoms with van der Waals surface area (Å²) in [5.41, 5.74) is 1.71. The third kappa shape index (κ3) is 4.06. The zero-order valence-electron chi connectivity index (χ0n) is 17.8. The van der Waals surface area contributed by atoms with Gasteiger partial charge in [-0.25, -0.2) is 13.1 Å². The van der Waals surface area contributed by atoms with Crippen LogP contribution in [0.2, 0.25) is 5.02 Å². The number of carbonyl (C=O) groups excluding carboxylic acids is 1. The van der Waals surface area contributed by atoms with Crippen LogP contribution in [0.1, 0.15) is 15.4 Å². The Labute approximate surface area is 200 Å². The Morgan fingerprint density at radius 1 is 1.00 bits per heavy atom. The summed E-state index contributed by atoms with van der Waals surface area (Å²) in [7, 11) is -3.56. The predicted molar refractivity (Wildman–Crippen MR) is 130 cm³/mol. The van der Waals surface area contributed by atoms with E-state index in [1.54, 1.807) is 35.2 Å². The molecule has 0 spiro atoms. The molecule has 33 heavy (non-hydrogen) atoms. The second kappa shape index (κ2) is 8.57. The van der Waals surface area contributed by atoms with E-state index in [0.717, 1.165) is 21.6 Å². The summed E-state index contributed by atoms with van der Waals surface area (Å²) in [5.74, 6) is -0.0879. The molecule has 1 aliphatic heterocycles. The molecule has 1 amide bonds. The number of sulfonamides is 1. The number of carbonyl (C=O) groups is 1. The molecule has 0 unspecified atom stereocenters. The molecule has 1 aliphatic rings. The number of piperazine rings is 1. The minimum atomic E-state index is -3.56. The highest BCUT2D eigenvalue weighted by atomic mass is 35.5. The van der Waals surface area contributed by atoms with Crippen molar-refractivity contribution in [2.75, 3.05) is 26.2 Å². The number of hydrogen-bond donors (Lipinski definition) is 0. The highest BCUT2D eigenvalue weighted by Gasteiger charge is 2.31. The van der Waals surface area contributed by atoms with Crippen molar-refractivity contribution in [2.24, 2.45) is 0 Å². The van der Waals surface area contributed by atoms with Gasteiger partial charge in [-0.2, -0.15) is 9.40 Å². The lowest BCUT2D eigenvalue weighted by molar-refractivity contribution is 0.0703. The van der Waals surface area contributed by atoms with Crippen molar-refractivity contribution in [1.29, 1.82) is 0 Å². The molecule has 0 bridgehead atoms. The van der Waals surface area contributed by atoms with Gasteiger partial charge in [0.25, 0.3) is 5.91 Å². The molecule has 0 aliphatic carbocycles. The van der Waals surface area contributed by atoms with E-state index in [1.165, 1.54) is 15.6 Å². The van der Waals surface area contributed by atoms with E-state index in [1.807, 2.05) is 41.9 Å². The van der Waals surface area contributed by atoms with Gasteiger partial charge in [0.05, 0.1) is 21.2 Å². The maximum atomic E-state index is 13.2. The zero-order chi connectivity index (χ0) is 23.2. The molecule has 0 radical (unpaired) electrons. The minimum Gasteiger partial charge on any atom is -0.335 e. The summed E-state index contributed by atoms with van der Waals surface area (Å²) < 4.78 is 29.0. The van der Waals surface area contributed by atoms with Gasteiger partial charge in [0.2, 0.25) is 10.0 Å². The van der Waals surface area contributed by atoms with Crippen molar-refractivity contribution in [3.8, 4) is 5.69 Å². The minimum absolute atomic E-state index is 0.0879. The lowest BCUT2D eigenvalue weighted by atomic mass is 10.2. The Balaban J connectivity index is 1.35. The third-order valence-corrected chi connectivity index (χ3v) is 9.00. The fraction of sp³-hybridized carbons (Fsp3) is 0.217. The monoisotopic (exact) mass is 500 g/mol.